The maximum Gasteiger partial charge on any atom is 0.333 e. The van der Waals surface area contributed by atoms with E-state index in [0.717, 1.165) is 23.3 Å². The Balaban J connectivity index is 2.05. The molecular weight excluding hydrogens is 396 g/mol. The summed E-state index contributed by atoms with van der Waals surface area (Å²) in [5, 5.41) is 0. The second-order valence-electron chi connectivity index (χ2n) is 7.33. The van der Waals surface area contributed by atoms with Gasteiger partial charge in [0.25, 0.3) is 0 Å². The lowest BCUT2D eigenvalue weighted by molar-refractivity contribution is -0.156. The van der Waals surface area contributed by atoms with Crippen molar-refractivity contribution >= 4 is 11.9 Å². The molecule has 0 heterocycles. The lowest BCUT2D eigenvalue weighted by atomic mass is 9.78. The Morgan fingerprint density at radius 3 is 1.35 bits per heavy atom. The number of esters is 2. The predicted octanol–water partition coefficient (Wildman–Crippen LogP) is 4.92. The van der Waals surface area contributed by atoms with Gasteiger partial charge in [0.2, 0.25) is 12.6 Å². The van der Waals surface area contributed by atoms with E-state index in [1.165, 1.54) is 0 Å². The van der Waals surface area contributed by atoms with Gasteiger partial charge in [-0.25, -0.2) is 9.59 Å². The van der Waals surface area contributed by atoms with Crippen molar-refractivity contribution in [1.82, 2.24) is 0 Å². The molecule has 2 unspecified atom stereocenters. The molecule has 0 N–H and O–H groups in total. The molecule has 0 spiro atoms. The van der Waals surface area contributed by atoms with Gasteiger partial charge in [-0.1, -0.05) is 51.3 Å². The standard InChI is InChI=1S/C25H28O6/c1-7-23(26)30-17(3)28-21-13-9-19(10-14-21)25(5,6)20-11-15-22(16-12-20)29-18(4)31-24(27)8-2/h7-18H,1-2H2,3-6H3. The van der Waals surface area contributed by atoms with Crippen molar-refractivity contribution in [1.29, 1.82) is 0 Å². The fourth-order valence-corrected chi connectivity index (χ4v) is 2.92. The Morgan fingerprint density at radius 2 is 1.06 bits per heavy atom. The van der Waals surface area contributed by atoms with E-state index in [4.69, 9.17) is 18.9 Å². The van der Waals surface area contributed by atoms with Gasteiger partial charge in [0.05, 0.1) is 0 Å². The Bertz CT molecular complexity index is 837. The Morgan fingerprint density at radius 1 is 0.742 bits per heavy atom. The van der Waals surface area contributed by atoms with Crippen molar-refractivity contribution in [2.75, 3.05) is 0 Å². The minimum atomic E-state index is -0.718. The molecule has 6 heteroatoms. The van der Waals surface area contributed by atoms with Crippen molar-refractivity contribution in [3.05, 3.63) is 85.0 Å². The number of carbonyl (C=O) groups excluding carboxylic acids is 2. The average Bonchev–Trinajstić information content (AvgIpc) is 2.74. The lowest BCUT2D eigenvalue weighted by Gasteiger charge is -2.27. The summed E-state index contributed by atoms with van der Waals surface area (Å²) in [5.74, 6) is 0.114. The van der Waals surface area contributed by atoms with Crippen LogP contribution in [0.15, 0.2) is 73.8 Å². The van der Waals surface area contributed by atoms with E-state index in [0.29, 0.717) is 11.5 Å². The van der Waals surface area contributed by atoms with Gasteiger partial charge in [0, 0.05) is 31.4 Å². The molecule has 0 bridgehead atoms. The molecule has 0 radical (unpaired) electrons. The highest BCUT2D eigenvalue weighted by Crippen LogP contribution is 2.33. The molecule has 6 nitrogen and oxygen atoms in total. The zero-order valence-corrected chi connectivity index (χ0v) is 18.3. The van der Waals surface area contributed by atoms with Gasteiger partial charge in [-0.05, 0) is 35.4 Å². The van der Waals surface area contributed by atoms with E-state index in [2.05, 4.69) is 27.0 Å². The maximum absolute atomic E-state index is 11.2. The number of benzene rings is 2. The third-order valence-electron chi connectivity index (χ3n) is 4.65. The summed E-state index contributed by atoms with van der Waals surface area (Å²) in [6.07, 6.45) is 0.752. The quantitative estimate of drug-likeness (QED) is 0.306. The van der Waals surface area contributed by atoms with Crippen LogP contribution < -0.4 is 9.47 Å². The van der Waals surface area contributed by atoms with Crippen molar-refractivity contribution in [2.45, 2.75) is 45.7 Å². The first-order valence-electron chi connectivity index (χ1n) is 9.86. The average molecular weight is 424 g/mol. The van der Waals surface area contributed by atoms with Gasteiger partial charge in [-0.3, -0.25) is 0 Å². The second kappa shape index (κ2) is 10.5. The lowest BCUT2D eigenvalue weighted by Crippen LogP contribution is -2.21. The summed E-state index contributed by atoms with van der Waals surface area (Å²) in [5.41, 5.74) is 1.88. The Hall–Kier alpha value is -3.54. The summed E-state index contributed by atoms with van der Waals surface area (Å²) in [6.45, 7) is 14.2. The first-order valence-corrected chi connectivity index (χ1v) is 9.86. The van der Waals surface area contributed by atoms with E-state index in [1.807, 2.05) is 48.5 Å². The third-order valence-corrected chi connectivity index (χ3v) is 4.65. The second-order valence-corrected chi connectivity index (χ2v) is 7.33. The first-order chi connectivity index (χ1) is 14.6. The number of rotatable bonds is 10. The molecular formula is C25H28O6. The minimum absolute atomic E-state index is 0.279. The fraction of sp³-hybridized carbons (Fsp3) is 0.280. The van der Waals surface area contributed by atoms with Gasteiger partial charge in [-0.2, -0.15) is 0 Å². The van der Waals surface area contributed by atoms with Crippen LogP contribution in [0.5, 0.6) is 11.5 Å². The monoisotopic (exact) mass is 424 g/mol. The van der Waals surface area contributed by atoms with Crippen molar-refractivity contribution in [3.8, 4) is 11.5 Å². The van der Waals surface area contributed by atoms with Crippen molar-refractivity contribution < 1.29 is 28.5 Å². The van der Waals surface area contributed by atoms with Crippen LogP contribution in [0.4, 0.5) is 0 Å². The van der Waals surface area contributed by atoms with Gasteiger partial charge in [0.15, 0.2) is 0 Å². The van der Waals surface area contributed by atoms with Gasteiger partial charge in [0.1, 0.15) is 11.5 Å². The Labute approximate surface area is 183 Å². The summed E-state index contributed by atoms with van der Waals surface area (Å²) >= 11 is 0. The smallest absolute Gasteiger partial charge is 0.333 e. The molecule has 2 atom stereocenters. The van der Waals surface area contributed by atoms with Crippen LogP contribution in [0.2, 0.25) is 0 Å². The van der Waals surface area contributed by atoms with Gasteiger partial charge in [-0.15, -0.1) is 0 Å². The van der Waals surface area contributed by atoms with E-state index >= 15 is 0 Å². The Kier molecular flexibility index (Phi) is 8.02. The highest BCUT2D eigenvalue weighted by Gasteiger charge is 2.23. The van der Waals surface area contributed by atoms with Gasteiger partial charge >= 0.3 is 11.9 Å². The SMILES string of the molecule is C=CC(=O)OC(C)Oc1ccc(C(C)(C)c2ccc(OC(C)OC(=O)C=C)cc2)cc1. The summed E-state index contributed by atoms with van der Waals surface area (Å²) in [7, 11) is 0. The van der Waals surface area contributed by atoms with E-state index < -0.39 is 24.5 Å². The summed E-state index contributed by atoms with van der Waals surface area (Å²) < 4.78 is 21.2. The first kappa shape index (κ1) is 23.7. The zero-order valence-electron chi connectivity index (χ0n) is 18.3. The van der Waals surface area contributed by atoms with Crippen LogP contribution in [-0.2, 0) is 24.5 Å². The minimum Gasteiger partial charge on any atom is -0.455 e. The molecule has 0 aromatic heterocycles. The normalized spacial score (nSPS) is 12.8. The highest BCUT2D eigenvalue weighted by atomic mass is 16.7. The predicted molar refractivity (Wildman–Crippen MR) is 118 cm³/mol. The van der Waals surface area contributed by atoms with Crippen LogP contribution >= 0.6 is 0 Å². The molecule has 2 aromatic carbocycles. The van der Waals surface area contributed by atoms with E-state index in [-0.39, 0.29) is 5.41 Å². The molecule has 0 saturated carbocycles. The van der Waals surface area contributed by atoms with Crippen LogP contribution in [0, 0.1) is 0 Å². The summed E-state index contributed by atoms with van der Waals surface area (Å²) in [6, 6.07) is 15.2. The third kappa shape index (κ3) is 6.74. The summed E-state index contributed by atoms with van der Waals surface area (Å²) in [4.78, 5) is 22.5. The molecule has 0 saturated heterocycles. The molecule has 0 amide bonds. The highest BCUT2D eigenvalue weighted by molar-refractivity contribution is 5.81. The molecule has 31 heavy (non-hydrogen) atoms. The maximum atomic E-state index is 11.2. The number of ether oxygens (including phenoxy) is 4. The molecule has 0 aliphatic rings. The number of hydrogen-bond donors (Lipinski definition) is 0. The topological polar surface area (TPSA) is 71.1 Å². The largest absolute Gasteiger partial charge is 0.455 e. The van der Waals surface area contributed by atoms with Crippen LogP contribution in [0.1, 0.15) is 38.8 Å². The zero-order chi connectivity index (χ0) is 23.0. The van der Waals surface area contributed by atoms with Crippen LogP contribution in [0.3, 0.4) is 0 Å². The molecule has 2 aromatic rings. The van der Waals surface area contributed by atoms with Crippen LogP contribution in [-0.4, -0.2) is 24.5 Å². The molecule has 0 aliphatic carbocycles. The van der Waals surface area contributed by atoms with Crippen molar-refractivity contribution in [3.63, 3.8) is 0 Å². The van der Waals surface area contributed by atoms with Crippen LogP contribution in [0.25, 0.3) is 0 Å². The van der Waals surface area contributed by atoms with Gasteiger partial charge < -0.3 is 18.9 Å². The number of hydrogen-bond acceptors (Lipinski definition) is 6. The van der Waals surface area contributed by atoms with E-state index in [1.54, 1.807) is 13.8 Å². The molecule has 0 fully saturated rings. The molecule has 164 valence electrons. The fourth-order valence-electron chi connectivity index (χ4n) is 2.92. The number of carbonyl (C=O) groups is 2. The molecule has 0 aliphatic heterocycles. The van der Waals surface area contributed by atoms with E-state index in [9.17, 15) is 9.59 Å². The van der Waals surface area contributed by atoms with Crippen molar-refractivity contribution in [2.24, 2.45) is 0 Å². The molecule has 2 rings (SSSR count).